The van der Waals surface area contributed by atoms with Gasteiger partial charge in [0.15, 0.2) is 0 Å². The molecule has 0 bridgehead atoms. The highest BCUT2D eigenvalue weighted by Gasteiger charge is 2.34. The highest BCUT2D eigenvalue weighted by molar-refractivity contribution is 7.52. The zero-order valence-corrected chi connectivity index (χ0v) is 38.3. The standard InChI is InChI=1S/C39H71N4O13P/c1-29(53-55-38(12,13)14)43(30(2)54-56-39(15,16)17)31(28-49-57(18,47)48-23-19-20-40)24-41(25-32(44)50-35(3,4)5)21-22-42(26-33(45)51-36(6,7)8)27-34(46)52-37(9,10)11/h31H,1-2,19,21-28H2,3-18H3. The number of carbonyl (C=O) groups excluding carboxylic acids is 3. The highest BCUT2D eigenvalue weighted by atomic mass is 31.2. The van der Waals surface area contributed by atoms with Crippen molar-refractivity contribution in [2.24, 2.45) is 0 Å². The van der Waals surface area contributed by atoms with Gasteiger partial charge in [-0.1, -0.05) is 0 Å². The molecule has 0 heterocycles. The summed E-state index contributed by atoms with van der Waals surface area (Å²) in [5.41, 5.74) is -3.97. The fourth-order valence-electron chi connectivity index (χ4n) is 4.40. The molecule has 17 nitrogen and oxygen atoms in total. The molecule has 0 aliphatic carbocycles. The Balaban J connectivity index is 7.16. The minimum atomic E-state index is -3.76. The molecule has 0 aliphatic heterocycles. The van der Waals surface area contributed by atoms with Crippen molar-refractivity contribution in [3.63, 3.8) is 0 Å². The molecule has 57 heavy (non-hydrogen) atoms. The molecule has 0 rings (SSSR count). The summed E-state index contributed by atoms with van der Waals surface area (Å²) < 4.78 is 41.4. The monoisotopic (exact) mass is 834 g/mol. The second-order valence-electron chi connectivity index (χ2n) is 18.4. The normalized spacial score (nSPS) is 14.3. The van der Waals surface area contributed by atoms with Crippen LogP contribution in [0, 0.1) is 11.3 Å². The highest BCUT2D eigenvalue weighted by Crippen LogP contribution is 2.44. The molecule has 0 saturated carbocycles. The number of nitriles is 1. The van der Waals surface area contributed by atoms with E-state index < -0.39 is 59.6 Å². The quantitative estimate of drug-likeness (QED) is 0.0195. The largest absolute Gasteiger partial charge is 0.459 e. The lowest BCUT2D eigenvalue weighted by Crippen LogP contribution is -2.50. The maximum atomic E-state index is 13.4. The van der Waals surface area contributed by atoms with Gasteiger partial charge in [-0.05, 0) is 117 Å². The van der Waals surface area contributed by atoms with Crippen molar-refractivity contribution in [2.45, 2.75) is 144 Å². The summed E-state index contributed by atoms with van der Waals surface area (Å²) in [5.74, 6) is -2.00. The van der Waals surface area contributed by atoms with Crippen LogP contribution in [-0.2, 0) is 61.8 Å². The van der Waals surface area contributed by atoms with Crippen LogP contribution in [-0.4, -0.2) is 126 Å². The molecule has 0 aromatic carbocycles. The van der Waals surface area contributed by atoms with Crippen molar-refractivity contribution >= 4 is 25.5 Å². The topological polar surface area (TPSA) is 185 Å². The van der Waals surface area contributed by atoms with E-state index >= 15 is 0 Å². The first-order valence-corrected chi connectivity index (χ1v) is 20.8. The van der Waals surface area contributed by atoms with Crippen LogP contribution in [0.3, 0.4) is 0 Å². The van der Waals surface area contributed by atoms with Gasteiger partial charge in [-0.2, -0.15) is 15.0 Å². The first-order valence-electron chi connectivity index (χ1n) is 18.8. The molecule has 330 valence electrons. The summed E-state index contributed by atoms with van der Waals surface area (Å²) >= 11 is 0. The van der Waals surface area contributed by atoms with E-state index in [9.17, 15) is 18.9 Å². The Morgan fingerprint density at radius 2 is 1.00 bits per heavy atom. The molecule has 0 radical (unpaired) electrons. The molecular formula is C39H71N4O13P. The van der Waals surface area contributed by atoms with Gasteiger partial charge in [-0.3, -0.25) is 33.6 Å². The van der Waals surface area contributed by atoms with Crippen LogP contribution in [0.2, 0.25) is 0 Å². The van der Waals surface area contributed by atoms with Gasteiger partial charge < -0.3 is 33.0 Å². The first-order chi connectivity index (χ1) is 25.6. The van der Waals surface area contributed by atoms with Gasteiger partial charge in [0.05, 0.1) is 51.4 Å². The average Bonchev–Trinajstić information content (AvgIpc) is 2.96. The molecule has 2 atom stereocenters. The second-order valence-corrected chi connectivity index (χ2v) is 20.4. The number of rotatable bonds is 24. The summed E-state index contributed by atoms with van der Waals surface area (Å²) in [4.78, 5) is 66.4. The van der Waals surface area contributed by atoms with Crippen molar-refractivity contribution in [3.8, 4) is 6.07 Å². The molecule has 0 spiro atoms. The van der Waals surface area contributed by atoms with Crippen molar-refractivity contribution in [1.82, 2.24) is 14.7 Å². The molecule has 0 aliphatic rings. The van der Waals surface area contributed by atoms with E-state index in [2.05, 4.69) is 13.2 Å². The number of ether oxygens (including phenoxy) is 3. The van der Waals surface area contributed by atoms with Crippen molar-refractivity contribution in [3.05, 3.63) is 24.9 Å². The van der Waals surface area contributed by atoms with Crippen LogP contribution in [0.1, 0.15) is 110 Å². The predicted octanol–water partition coefficient (Wildman–Crippen LogP) is 6.49. The van der Waals surface area contributed by atoms with Gasteiger partial charge in [-0.25, -0.2) is 0 Å². The van der Waals surface area contributed by atoms with E-state index in [0.717, 1.165) is 0 Å². The van der Waals surface area contributed by atoms with Crippen LogP contribution >= 0.6 is 7.60 Å². The fraction of sp³-hybridized carbons (Fsp3) is 0.795. The number of carbonyl (C=O) groups is 3. The van der Waals surface area contributed by atoms with E-state index in [4.69, 9.17) is 48.1 Å². The predicted molar refractivity (Wildman–Crippen MR) is 214 cm³/mol. The van der Waals surface area contributed by atoms with E-state index in [1.54, 1.807) is 114 Å². The zero-order valence-electron chi connectivity index (χ0n) is 37.4. The minimum absolute atomic E-state index is 0.0208. The Morgan fingerprint density at radius 3 is 1.35 bits per heavy atom. The molecular weight excluding hydrogens is 763 g/mol. The Morgan fingerprint density at radius 1 is 0.632 bits per heavy atom. The number of nitrogens with zero attached hydrogens (tertiary/aromatic N) is 4. The average molecular weight is 835 g/mol. The third-order valence-electron chi connectivity index (χ3n) is 6.24. The molecule has 0 N–H and O–H groups in total. The minimum Gasteiger partial charge on any atom is -0.459 e. The molecule has 2 unspecified atom stereocenters. The molecule has 0 saturated heterocycles. The maximum absolute atomic E-state index is 13.4. The fourth-order valence-corrected chi connectivity index (χ4v) is 5.34. The summed E-state index contributed by atoms with van der Waals surface area (Å²) in [6.45, 7) is 34.2. The molecule has 18 heteroatoms. The van der Waals surface area contributed by atoms with Crippen LogP contribution in [0.5, 0.6) is 0 Å². The first kappa shape index (κ1) is 53.8. The van der Waals surface area contributed by atoms with E-state index in [0.29, 0.717) is 0 Å². The summed E-state index contributed by atoms with van der Waals surface area (Å²) in [5, 5.41) is 8.98. The zero-order chi connectivity index (χ0) is 44.6. The van der Waals surface area contributed by atoms with Gasteiger partial charge in [0.1, 0.15) is 28.0 Å². The Kier molecular flexibility index (Phi) is 21.5. The molecule has 0 aromatic heterocycles. The lowest BCUT2D eigenvalue weighted by atomic mass is 10.2. The van der Waals surface area contributed by atoms with E-state index in [1.807, 2.05) is 6.07 Å². The number of esters is 3. The van der Waals surface area contributed by atoms with Gasteiger partial charge in [0.2, 0.25) is 11.8 Å². The lowest BCUT2D eigenvalue weighted by Gasteiger charge is -2.38. The number of hydrogen-bond donors (Lipinski definition) is 0. The Hall–Kier alpha value is -3.23. The van der Waals surface area contributed by atoms with Crippen molar-refractivity contribution in [1.29, 1.82) is 5.26 Å². The van der Waals surface area contributed by atoms with E-state index in [-0.39, 0.29) is 70.7 Å². The third kappa shape index (κ3) is 28.8. The van der Waals surface area contributed by atoms with Crippen LogP contribution in [0.15, 0.2) is 24.9 Å². The second kappa shape index (κ2) is 22.8. The van der Waals surface area contributed by atoms with Gasteiger partial charge >= 0.3 is 25.5 Å². The van der Waals surface area contributed by atoms with Gasteiger partial charge in [0.25, 0.3) is 0 Å². The van der Waals surface area contributed by atoms with Crippen molar-refractivity contribution in [2.75, 3.05) is 59.1 Å². The van der Waals surface area contributed by atoms with E-state index in [1.165, 1.54) is 11.6 Å². The van der Waals surface area contributed by atoms with Gasteiger partial charge in [0, 0.05) is 26.3 Å². The Bertz CT molecular complexity index is 1350. The molecule has 0 fully saturated rings. The maximum Gasteiger partial charge on any atom is 0.327 e. The molecule has 0 amide bonds. The summed E-state index contributed by atoms with van der Waals surface area (Å²) in [7, 11) is -3.76. The third-order valence-corrected chi connectivity index (χ3v) is 7.51. The van der Waals surface area contributed by atoms with Crippen LogP contribution < -0.4 is 0 Å². The SMILES string of the molecule is C=C(OOC(C)(C)C)N(C(=C)OOC(C)(C)C)C(COP(C)(=O)OCCC#N)CN(CCN(CC(=O)OC(C)(C)C)CC(=O)OC(C)(C)C)CC(=O)OC(C)(C)C. The summed E-state index contributed by atoms with van der Waals surface area (Å²) in [6.07, 6.45) is -0.0208. The van der Waals surface area contributed by atoms with Gasteiger partial charge in [-0.15, -0.1) is 0 Å². The number of hydrogen-bond acceptors (Lipinski definition) is 17. The van der Waals surface area contributed by atoms with Crippen LogP contribution in [0.25, 0.3) is 0 Å². The van der Waals surface area contributed by atoms with Crippen molar-refractivity contribution < 1.29 is 61.8 Å². The van der Waals surface area contributed by atoms with Crippen LogP contribution in [0.4, 0.5) is 0 Å². The Labute approximate surface area is 341 Å². The summed E-state index contributed by atoms with van der Waals surface area (Å²) in [6, 6.07) is 0.954. The lowest BCUT2D eigenvalue weighted by molar-refractivity contribution is -0.354. The molecule has 0 aromatic rings. The smallest absolute Gasteiger partial charge is 0.327 e.